The zero-order chi connectivity index (χ0) is 12.4. The first-order valence-corrected chi connectivity index (χ1v) is 7.63. The van der Waals surface area contributed by atoms with Gasteiger partial charge in [0.05, 0.1) is 0 Å². The van der Waals surface area contributed by atoms with Gasteiger partial charge in [0, 0.05) is 23.5 Å². The first-order chi connectivity index (χ1) is 8.78. The van der Waals surface area contributed by atoms with Crippen LogP contribution in [0.15, 0.2) is 24.3 Å². The molecule has 2 aliphatic rings. The molecule has 1 nitrogen and oxygen atoms in total. The van der Waals surface area contributed by atoms with Crippen LogP contribution < -0.4 is 5.32 Å². The van der Waals surface area contributed by atoms with E-state index < -0.39 is 0 Å². The summed E-state index contributed by atoms with van der Waals surface area (Å²) in [5.74, 6) is 0.988. The fraction of sp³-hybridized carbons (Fsp3) is 0.625. The summed E-state index contributed by atoms with van der Waals surface area (Å²) in [4.78, 5) is 0. The molecule has 0 atom stereocenters. The molecule has 2 heteroatoms. The van der Waals surface area contributed by atoms with Crippen LogP contribution in [0, 0.1) is 5.92 Å². The molecule has 1 N–H and O–H groups in total. The third kappa shape index (κ3) is 2.44. The average Bonchev–Trinajstić information content (AvgIpc) is 2.81. The summed E-state index contributed by atoms with van der Waals surface area (Å²) in [6, 6.07) is 8.48. The summed E-state index contributed by atoms with van der Waals surface area (Å²) < 4.78 is 0. The van der Waals surface area contributed by atoms with Crippen molar-refractivity contribution in [1.82, 2.24) is 5.32 Å². The van der Waals surface area contributed by atoms with Crippen LogP contribution in [-0.2, 0) is 5.41 Å². The Morgan fingerprint density at radius 2 is 2.00 bits per heavy atom. The Hall–Kier alpha value is -0.530. The van der Waals surface area contributed by atoms with Gasteiger partial charge in [0.25, 0.3) is 0 Å². The van der Waals surface area contributed by atoms with Crippen molar-refractivity contribution in [2.45, 2.75) is 43.9 Å². The third-order valence-corrected chi connectivity index (χ3v) is 5.10. The average molecular weight is 264 g/mol. The van der Waals surface area contributed by atoms with Gasteiger partial charge in [-0.05, 0) is 36.5 Å². The largest absolute Gasteiger partial charge is 0.315 e. The van der Waals surface area contributed by atoms with Gasteiger partial charge in [-0.15, -0.1) is 0 Å². The minimum atomic E-state index is 0.369. The topological polar surface area (TPSA) is 12.0 Å². The Balaban J connectivity index is 1.69. The molecule has 1 saturated heterocycles. The van der Waals surface area contributed by atoms with Crippen molar-refractivity contribution < 1.29 is 0 Å². The fourth-order valence-corrected chi connectivity index (χ4v) is 3.74. The summed E-state index contributed by atoms with van der Waals surface area (Å²) in [5, 5.41) is 4.33. The predicted molar refractivity (Wildman–Crippen MR) is 77.2 cm³/mol. The number of benzene rings is 1. The molecule has 2 fully saturated rings. The summed E-state index contributed by atoms with van der Waals surface area (Å²) in [6.07, 6.45) is 8.54. The minimum Gasteiger partial charge on any atom is -0.315 e. The second-order valence-electron chi connectivity index (χ2n) is 6.08. The molecular weight excluding hydrogens is 242 g/mol. The van der Waals surface area contributed by atoms with Crippen molar-refractivity contribution in [3.05, 3.63) is 34.9 Å². The first kappa shape index (κ1) is 12.5. The van der Waals surface area contributed by atoms with Crippen LogP contribution >= 0.6 is 11.6 Å². The molecule has 0 unspecified atom stereocenters. The van der Waals surface area contributed by atoms with E-state index in [-0.39, 0.29) is 0 Å². The van der Waals surface area contributed by atoms with Crippen molar-refractivity contribution in [3.63, 3.8) is 0 Å². The molecule has 1 aliphatic carbocycles. The van der Waals surface area contributed by atoms with E-state index in [9.17, 15) is 0 Å². The number of halogens is 1. The van der Waals surface area contributed by atoms with Gasteiger partial charge in [-0.3, -0.25) is 0 Å². The summed E-state index contributed by atoms with van der Waals surface area (Å²) in [6.45, 7) is 2.25. The van der Waals surface area contributed by atoms with Crippen molar-refractivity contribution in [3.8, 4) is 0 Å². The summed E-state index contributed by atoms with van der Waals surface area (Å²) in [7, 11) is 0. The van der Waals surface area contributed by atoms with Crippen LogP contribution in [0.1, 0.15) is 44.1 Å². The molecule has 18 heavy (non-hydrogen) atoms. The molecule has 1 aliphatic heterocycles. The quantitative estimate of drug-likeness (QED) is 0.861. The van der Waals surface area contributed by atoms with Gasteiger partial charge in [0.1, 0.15) is 0 Å². The van der Waals surface area contributed by atoms with Gasteiger partial charge in [-0.25, -0.2) is 0 Å². The molecule has 1 heterocycles. The zero-order valence-corrected chi connectivity index (χ0v) is 11.7. The van der Waals surface area contributed by atoms with Crippen LogP contribution in [0.5, 0.6) is 0 Å². The van der Waals surface area contributed by atoms with Crippen LogP contribution in [0.2, 0.25) is 5.02 Å². The molecule has 1 aromatic carbocycles. The Bertz CT molecular complexity index is 405. The first-order valence-electron chi connectivity index (χ1n) is 7.25. The standard InChI is InChI=1S/C16H22ClN/c17-15-7-3-6-14(10-15)16(11-18-12-16)9-8-13-4-1-2-5-13/h3,6-7,10,13,18H,1-2,4-5,8-9,11-12H2. The van der Waals surface area contributed by atoms with Crippen LogP contribution in [0.4, 0.5) is 0 Å². The highest BCUT2D eigenvalue weighted by Crippen LogP contribution is 2.38. The molecule has 0 radical (unpaired) electrons. The van der Waals surface area contributed by atoms with E-state index in [2.05, 4.69) is 23.5 Å². The van der Waals surface area contributed by atoms with E-state index in [0.29, 0.717) is 5.41 Å². The molecule has 98 valence electrons. The lowest BCUT2D eigenvalue weighted by Gasteiger charge is -2.44. The minimum absolute atomic E-state index is 0.369. The molecule has 0 aromatic heterocycles. The number of rotatable bonds is 4. The predicted octanol–water partition coefficient (Wildman–Crippen LogP) is 4.15. The Morgan fingerprint density at radius 3 is 2.61 bits per heavy atom. The lowest BCUT2D eigenvalue weighted by molar-refractivity contribution is 0.236. The lowest BCUT2D eigenvalue weighted by Crippen LogP contribution is -2.56. The smallest absolute Gasteiger partial charge is 0.0408 e. The lowest BCUT2D eigenvalue weighted by atomic mass is 9.70. The highest BCUT2D eigenvalue weighted by molar-refractivity contribution is 6.30. The SMILES string of the molecule is Clc1cccc(C2(CCC3CCCC3)CNC2)c1. The normalized spacial score (nSPS) is 22.9. The fourth-order valence-electron chi connectivity index (χ4n) is 3.55. The Kier molecular flexibility index (Phi) is 3.63. The van der Waals surface area contributed by atoms with Crippen molar-refractivity contribution >= 4 is 11.6 Å². The Morgan fingerprint density at radius 1 is 1.22 bits per heavy atom. The number of hydrogen-bond donors (Lipinski definition) is 1. The van der Waals surface area contributed by atoms with E-state index in [4.69, 9.17) is 11.6 Å². The highest BCUT2D eigenvalue weighted by Gasteiger charge is 2.38. The molecular formula is C16H22ClN. The van der Waals surface area contributed by atoms with Gasteiger partial charge < -0.3 is 5.32 Å². The summed E-state index contributed by atoms with van der Waals surface area (Å²) >= 11 is 6.14. The second kappa shape index (κ2) is 5.22. The molecule has 0 spiro atoms. The van der Waals surface area contributed by atoms with E-state index in [1.165, 1.54) is 44.1 Å². The molecule has 0 amide bonds. The van der Waals surface area contributed by atoms with E-state index in [1.807, 2.05) is 6.07 Å². The van der Waals surface area contributed by atoms with Gasteiger partial charge in [0.15, 0.2) is 0 Å². The Labute approximate surface area is 115 Å². The van der Waals surface area contributed by atoms with E-state index >= 15 is 0 Å². The molecule has 1 saturated carbocycles. The molecule has 1 aromatic rings. The number of nitrogens with one attached hydrogen (secondary N) is 1. The monoisotopic (exact) mass is 263 g/mol. The maximum absolute atomic E-state index is 6.14. The summed E-state index contributed by atoms with van der Waals surface area (Å²) in [5.41, 5.74) is 1.81. The second-order valence-corrected chi connectivity index (χ2v) is 6.52. The molecule has 0 bridgehead atoms. The van der Waals surface area contributed by atoms with E-state index in [1.54, 1.807) is 0 Å². The number of hydrogen-bond acceptors (Lipinski definition) is 1. The third-order valence-electron chi connectivity index (χ3n) is 4.87. The molecule has 3 rings (SSSR count). The van der Waals surface area contributed by atoms with Crippen molar-refractivity contribution in [1.29, 1.82) is 0 Å². The zero-order valence-electron chi connectivity index (χ0n) is 10.9. The van der Waals surface area contributed by atoms with Crippen molar-refractivity contribution in [2.75, 3.05) is 13.1 Å². The van der Waals surface area contributed by atoms with Crippen LogP contribution in [0.25, 0.3) is 0 Å². The van der Waals surface area contributed by atoms with Gasteiger partial charge >= 0.3 is 0 Å². The maximum atomic E-state index is 6.14. The maximum Gasteiger partial charge on any atom is 0.0408 e. The van der Waals surface area contributed by atoms with Crippen molar-refractivity contribution in [2.24, 2.45) is 5.92 Å². The van der Waals surface area contributed by atoms with Crippen LogP contribution in [0.3, 0.4) is 0 Å². The van der Waals surface area contributed by atoms with Gasteiger partial charge in [-0.2, -0.15) is 0 Å². The van der Waals surface area contributed by atoms with Gasteiger partial charge in [-0.1, -0.05) is 49.4 Å². The van der Waals surface area contributed by atoms with Gasteiger partial charge in [0.2, 0.25) is 0 Å². The van der Waals surface area contributed by atoms with Crippen LogP contribution in [-0.4, -0.2) is 13.1 Å². The van der Waals surface area contributed by atoms with E-state index in [0.717, 1.165) is 24.0 Å². The highest BCUT2D eigenvalue weighted by atomic mass is 35.5.